The van der Waals surface area contributed by atoms with Crippen LogP contribution in [0.25, 0.3) is 0 Å². The van der Waals surface area contributed by atoms with E-state index in [0.717, 1.165) is 0 Å². The maximum atomic E-state index is 9.22. The van der Waals surface area contributed by atoms with E-state index in [0.29, 0.717) is 0 Å². The SMILES string of the molecule is O=[As]O[As]=O.O=[As]O[As]=O. The molecule has 0 amide bonds. The monoisotopic (exact) mass is 396 g/mol. The van der Waals surface area contributed by atoms with Crippen molar-refractivity contribution < 1.29 is 20.4 Å². The first kappa shape index (κ1) is 13.9. The van der Waals surface area contributed by atoms with Gasteiger partial charge in [0.1, 0.15) is 0 Å². The van der Waals surface area contributed by atoms with Crippen LogP contribution in [0.4, 0.5) is 0 Å². The van der Waals surface area contributed by atoms with Crippen molar-refractivity contribution in [2.45, 2.75) is 0 Å². The second kappa shape index (κ2) is 16.8. The Hall–Kier alpha value is 1.35. The molecule has 0 aliphatic heterocycles. The van der Waals surface area contributed by atoms with Crippen molar-refractivity contribution >= 4 is 64.1 Å². The Morgan fingerprint density at radius 1 is 0.600 bits per heavy atom. The van der Waals surface area contributed by atoms with Gasteiger partial charge in [-0.15, -0.1) is 0 Å². The van der Waals surface area contributed by atoms with Gasteiger partial charge in [-0.3, -0.25) is 0 Å². The summed E-state index contributed by atoms with van der Waals surface area (Å²) in [6.45, 7) is 0. The molecule has 0 aromatic rings. The molecule has 0 fully saturated rings. The van der Waals surface area contributed by atoms with Crippen LogP contribution < -0.4 is 0 Å². The van der Waals surface area contributed by atoms with Crippen molar-refractivity contribution in [3.63, 3.8) is 0 Å². The minimum atomic E-state index is -1.30. The Balaban J connectivity index is 0. The molecular weight excluding hydrogens is 396 g/mol. The summed E-state index contributed by atoms with van der Waals surface area (Å²) < 4.78 is 44.7. The average molecular weight is 396 g/mol. The van der Waals surface area contributed by atoms with Gasteiger partial charge in [0.15, 0.2) is 0 Å². The summed E-state index contributed by atoms with van der Waals surface area (Å²) >= 11 is -5.22. The maximum absolute atomic E-state index is 9.22. The van der Waals surface area contributed by atoms with E-state index in [1.165, 1.54) is 0 Å². The Morgan fingerprint density at radius 2 is 0.800 bits per heavy atom. The molecule has 0 aliphatic carbocycles. The standard InChI is InChI=1S/2As2O3/c2*3-1-5-2-4. The van der Waals surface area contributed by atoms with Gasteiger partial charge in [-0.2, -0.15) is 0 Å². The van der Waals surface area contributed by atoms with Crippen LogP contribution >= 0.6 is 0 Å². The summed E-state index contributed by atoms with van der Waals surface area (Å²) in [5.74, 6) is 0. The molecule has 6 nitrogen and oxygen atoms in total. The minimum absolute atomic E-state index is 1.30. The summed E-state index contributed by atoms with van der Waals surface area (Å²) in [5, 5.41) is 0. The van der Waals surface area contributed by atoms with Crippen LogP contribution in [0.1, 0.15) is 0 Å². The van der Waals surface area contributed by atoms with Crippen molar-refractivity contribution in [1.82, 2.24) is 0 Å². The molecule has 0 aromatic carbocycles. The molecule has 56 valence electrons. The van der Waals surface area contributed by atoms with E-state index in [1.54, 1.807) is 0 Å². The second-order valence-electron chi connectivity index (χ2n) is 0.461. The van der Waals surface area contributed by atoms with Gasteiger partial charge in [-0.1, -0.05) is 0 Å². The number of hydrogen-bond donors (Lipinski definition) is 0. The molecule has 0 heterocycles. The summed E-state index contributed by atoms with van der Waals surface area (Å²) in [4.78, 5) is 0. The molecule has 0 saturated carbocycles. The fourth-order valence-corrected chi connectivity index (χ4v) is 0.735. The van der Waals surface area contributed by atoms with Gasteiger partial charge in [0.25, 0.3) is 0 Å². The molecular formula is As4O6. The summed E-state index contributed by atoms with van der Waals surface area (Å²) in [5.41, 5.74) is 0. The zero-order valence-electron chi connectivity index (χ0n) is 4.24. The Bertz CT molecular complexity index is 82.3. The molecule has 0 bridgehead atoms. The van der Waals surface area contributed by atoms with E-state index in [-0.39, 0.29) is 0 Å². The quantitative estimate of drug-likeness (QED) is 0.505. The van der Waals surface area contributed by atoms with Crippen molar-refractivity contribution in [1.29, 1.82) is 0 Å². The second-order valence-corrected chi connectivity index (χ2v) is 5.96. The first-order valence-corrected chi connectivity index (χ1v) is 7.59. The zero-order valence-corrected chi connectivity index (χ0v) is 11.7. The Morgan fingerprint density at radius 3 is 0.800 bits per heavy atom. The van der Waals surface area contributed by atoms with Crippen LogP contribution in [-0.2, 0) is 20.4 Å². The molecule has 0 saturated heterocycles. The molecule has 0 aromatic heterocycles. The average Bonchev–Trinajstić information content (AvgIpc) is 1.93. The topological polar surface area (TPSA) is 86.7 Å². The molecule has 0 aliphatic rings. The van der Waals surface area contributed by atoms with Crippen molar-refractivity contribution in [2.24, 2.45) is 0 Å². The van der Waals surface area contributed by atoms with Gasteiger partial charge in [0.05, 0.1) is 0 Å². The van der Waals surface area contributed by atoms with Gasteiger partial charge in [0.2, 0.25) is 0 Å². The molecule has 0 atom stereocenters. The van der Waals surface area contributed by atoms with Crippen molar-refractivity contribution in [3.05, 3.63) is 0 Å². The predicted octanol–water partition coefficient (Wildman–Crippen LogP) is -2.14. The van der Waals surface area contributed by atoms with Gasteiger partial charge in [-0.05, 0) is 0 Å². The van der Waals surface area contributed by atoms with Crippen LogP contribution in [0.3, 0.4) is 0 Å². The van der Waals surface area contributed by atoms with Crippen molar-refractivity contribution in [2.75, 3.05) is 0 Å². The van der Waals surface area contributed by atoms with E-state index in [2.05, 4.69) is 5.43 Å². The van der Waals surface area contributed by atoms with E-state index < -0.39 is 64.1 Å². The first-order chi connectivity index (χ1) is 4.83. The third-order valence-corrected chi connectivity index (χ3v) is 3.60. The van der Waals surface area contributed by atoms with Crippen LogP contribution in [0.5, 0.6) is 0 Å². The normalized spacial score (nSPS) is 9.60. The van der Waals surface area contributed by atoms with Gasteiger partial charge < -0.3 is 0 Å². The molecule has 10 heteroatoms. The van der Waals surface area contributed by atoms with E-state index >= 15 is 0 Å². The molecule has 0 N–H and O–H groups in total. The number of hydrogen-bond acceptors (Lipinski definition) is 6. The van der Waals surface area contributed by atoms with Gasteiger partial charge in [-0.25, -0.2) is 0 Å². The summed E-state index contributed by atoms with van der Waals surface area (Å²) in [6, 6.07) is 0. The van der Waals surface area contributed by atoms with E-state index in [9.17, 15) is 15.0 Å². The fraction of sp³-hybridized carbons (Fsp3) is 0. The van der Waals surface area contributed by atoms with Crippen LogP contribution in [0.15, 0.2) is 0 Å². The van der Waals surface area contributed by atoms with E-state index in [4.69, 9.17) is 0 Å². The molecule has 0 radical (unpaired) electrons. The van der Waals surface area contributed by atoms with E-state index in [1.807, 2.05) is 0 Å². The van der Waals surface area contributed by atoms with Crippen LogP contribution in [0.2, 0.25) is 0 Å². The van der Waals surface area contributed by atoms with Crippen LogP contribution in [0, 0.1) is 0 Å². The first-order valence-electron chi connectivity index (χ1n) is 1.46. The molecule has 0 rings (SSSR count). The number of rotatable bonds is 4. The fourth-order valence-electron chi connectivity index (χ4n) is 0.0272. The molecule has 0 unspecified atom stereocenters. The summed E-state index contributed by atoms with van der Waals surface area (Å²) in [6.07, 6.45) is 0. The third kappa shape index (κ3) is 22.8. The molecule has 10 heavy (non-hydrogen) atoms. The molecule has 0 spiro atoms. The van der Waals surface area contributed by atoms with Crippen LogP contribution in [-0.4, -0.2) is 64.1 Å². The summed E-state index contributed by atoms with van der Waals surface area (Å²) in [7, 11) is 0. The Kier molecular flexibility index (Phi) is 23.3. The third-order valence-electron chi connectivity index (χ3n) is 0.133. The van der Waals surface area contributed by atoms with Crippen molar-refractivity contribution in [3.8, 4) is 0 Å². The van der Waals surface area contributed by atoms with Gasteiger partial charge >= 0.3 is 84.5 Å². The van der Waals surface area contributed by atoms with Gasteiger partial charge in [0, 0.05) is 0 Å². The zero-order chi connectivity index (χ0) is 8.24. The Labute approximate surface area is 83.8 Å². The predicted molar refractivity (Wildman–Crippen MR) is 27.9 cm³/mol.